The fraction of sp³-hybridized carbons (Fsp3) is 0.200. The summed E-state index contributed by atoms with van der Waals surface area (Å²) >= 11 is 6.03. The number of halogens is 1. The fourth-order valence-electron chi connectivity index (χ4n) is 3.02. The summed E-state index contributed by atoms with van der Waals surface area (Å²) in [5, 5.41) is 0.600. The molecule has 0 spiro atoms. The highest BCUT2D eigenvalue weighted by molar-refractivity contribution is 6.30. The number of aromatic amines is 1. The van der Waals surface area contributed by atoms with Crippen LogP contribution in [0.4, 0.5) is 0 Å². The van der Waals surface area contributed by atoms with E-state index in [0.717, 1.165) is 5.56 Å². The smallest absolute Gasteiger partial charge is 0.258 e. The van der Waals surface area contributed by atoms with E-state index in [-0.39, 0.29) is 5.56 Å². The van der Waals surface area contributed by atoms with Gasteiger partial charge in [-0.1, -0.05) is 11.6 Å². The first-order chi connectivity index (χ1) is 13.1. The SMILES string of the molecule is CCOc1ccc(-c2nc3c(c(=O)[nH]2)Cc2cc(Cl)ccc2O3)cc1OC. The number of H-pyrrole nitrogens is 1. The van der Waals surface area contributed by atoms with E-state index in [4.69, 9.17) is 25.8 Å². The largest absolute Gasteiger partial charge is 0.493 e. The van der Waals surface area contributed by atoms with Gasteiger partial charge in [0, 0.05) is 22.6 Å². The van der Waals surface area contributed by atoms with Crippen LogP contribution in [-0.4, -0.2) is 23.7 Å². The minimum atomic E-state index is -0.242. The molecule has 0 saturated heterocycles. The molecule has 0 saturated carbocycles. The number of nitrogens with one attached hydrogen (secondary N) is 1. The molecule has 2 aromatic carbocycles. The first-order valence-electron chi connectivity index (χ1n) is 8.49. The molecule has 3 aromatic rings. The number of aromatic nitrogens is 2. The maximum Gasteiger partial charge on any atom is 0.258 e. The van der Waals surface area contributed by atoms with Gasteiger partial charge in [0.15, 0.2) is 11.5 Å². The predicted molar refractivity (Wildman–Crippen MR) is 102 cm³/mol. The summed E-state index contributed by atoms with van der Waals surface area (Å²) < 4.78 is 16.7. The van der Waals surface area contributed by atoms with Gasteiger partial charge in [0.25, 0.3) is 5.56 Å². The second-order valence-corrected chi connectivity index (χ2v) is 6.46. The Morgan fingerprint density at radius 2 is 2.07 bits per heavy atom. The van der Waals surface area contributed by atoms with Crippen LogP contribution < -0.4 is 19.8 Å². The second-order valence-electron chi connectivity index (χ2n) is 6.03. The van der Waals surface area contributed by atoms with E-state index in [1.165, 1.54) is 0 Å². The Balaban J connectivity index is 1.75. The third kappa shape index (κ3) is 3.24. The maximum atomic E-state index is 12.6. The Bertz CT molecular complexity index is 1080. The molecule has 27 heavy (non-hydrogen) atoms. The third-order valence-corrected chi connectivity index (χ3v) is 4.55. The first kappa shape index (κ1) is 17.4. The van der Waals surface area contributed by atoms with Gasteiger partial charge < -0.3 is 19.2 Å². The van der Waals surface area contributed by atoms with Crippen molar-refractivity contribution in [2.45, 2.75) is 13.3 Å². The average Bonchev–Trinajstić information content (AvgIpc) is 2.67. The van der Waals surface area contributed by atoms with Crippen molar-refractivity contribution in [1.29, 1.82) is 0 Å². The lowest BCUT2D eigenvalue weighted by molar-refractivity contribution is 0.311. The Hall–Kier alpha value is -2.99. The number of hydrogen-bond acceptors (Lipinski definition) is 5. The van der Waals surface area contributed by atoms with Crippen LogP contribution in [0.1, 0.15) is 18.1 Å². The zero-order valence-electron chi connectivity index (χ0n) is 14.8. The van der Waals surface area contributed by atoms with Crippen molar-refractivity contribution >= 4 is 11.6 Å². The Morgan fingerprint density at radius 1 is 1.22 bits per heavy atom. The summed E-state index contributed by atoms with van der Waals surface area (Å²) in [6.07, 6.45) is 0.417. The van der Waals surface area contributed by atoms with Gasteiger partial charge in [0.05, 0.1) is 19.3 Å². The van der Waals surface area contributed by atoms with Crippen LogP contribution in [-0.2, 0) is 6.42 Å². The Labute approximate surface area is 160 Å². The molecule has 7 heteroatoms. The molecule has 0 amide bonds. The topological polar surface area (TPSA) is 73.4 Å². The summed E-state index contributed by atoms with van der Waals surface area (Å²) in [7, 11) is 1.57. The van der Waals surface area contributed by atoms with E-state index in [1.54, 1.807) is 37.4 Å². The first-order valence-corrected chi connectivity index (χ1v) is 8.87. The monoisotopic (exact) mass is 384 g/mol. The number of nitrogens with zero attached hydrogens (tertiary/aromatic N) is 1. The lowest BCUT2D eigenvalue weighted by Gasteiger charge is -2.19. The van der Waals surface area contributed by atoms with Gasteiger partial charge >= 0.3 is 0 Å². The van der Waals surface area contributed by atoms with Gasteiger partial charge in [-0.25, -0.2) is 0 Å². The molecule has 138 valence electrons. The van der Waals surface area contributed by atoms with Crippen LogP contribution in [0.15, 0.2) is 41.2 Å². The van der Waals surface area contributed by atoms with E-state index in [0.29, 0.717) is 58.1 Å². The highest BCUT2D eigenvalue weighted by Gasteiger charge is 2.23. The quantitative estimate of drug-likeness (QED) is 0.571. The van der Waals surface area contributed by atoms with Crippen molar-refractivity contribution in [2.75, 3.05) is 13.7 Å². The highest BCUT2D eigenvalue weighted by Crippen LogP contribution is 2.36. The Kier molecular flexibility index (Phi) is 4.49. The highest BCUT2D eigenvalue weighted by atomic mass is 35.5. The van der Waals surface area contributed by atoms with E-state index < -0.39 is 0 Å². The van der Waals surface area contributed by atoms with Crippen LogP contribution in [0.5, 0.6) is 23.1 Å². The number of fused-ring (bicyclic) bond motifs is 2. The zero-order chi connectivity index (χ0) is 19.0. The van der Waals surface area contributed by atoms with Gasteiger partial charge in [-0.15, -0.1) is 0 Å². The molecule has 2 heterocycles. The van der Waals surface area contributed by atoms with Crippen molar-refractivity contribution in [2.24, 2.45) is 0 Å². The normalized spacial score (nSPS) is 12.0. The number of hydrogen-bond donors (Lipinski definition) is 1. The van der Waals surface area contributed by atoms with Crippen molar-refractivity contribution in [1.82, 2.24) is 9.97 Å². The van der Waals surface area contributed by atoms with Crippen molar-refractivity contribution in [3.05, 3.63) is 62.9 Å². The molecule has 0 radical (unpaired) electrons. The molecular weight excluding hydrogens is 368 g/mol. The van der Waals surface area contributed by atoms with Crippen LogP contribution in [0, 0.1) is 0 Å². The summed E-state index contributed by atoms with van der Waals surface area (Å²) in [4.78, 5) is 19.9. The standard InChI is InChI=1S/C20H17ClN2O4/c1-3-26-16-6-4-11(10-17(16)25-2)18-22-19(24)14-9-12-8-13(21)5-7-15(12)27-20(14)23-18/h4-8,10H,3,9H2,1-2H3,(H,22,23,24). The van der Waals surface area contributed by atoms with Crippen molar-refractivity contribution < 1.29 is 14.2 Å². The number of ether oxygens (including phenoxy) is 3. The molecule has 0 atom stereocenters. The minimum absolute atomic E-state index is 0.242. The summed E-state index contributed by atoms with van der Waals surface area (Å²) in [5.74, 6) is 2.55. The second kappa shape index (κ2) is 6.96. The van der Waals surface area contributed by atoms with Gasteiger partial charge in [0.2, 0.25) is 5.88 Å². The van der Waals surface area contributed by atoms with Gasteiger partial charge in [0.1, 0.15) is 11.6 Å². The van der Waals surface area contributed by atoms with Crippen LogP contribution in [0.2, 0.25) is 5.02 Å². The molecule has 0 bridgehead atoms. The third-order valence-electron chi connectivity index (χ3n) is 4.31. The molecule has 1 aliphatic heterocycles. The van der Waals surface area contributed by atoms with E-state index in [2.05, 4.69) is 9.97 Å². The molecule has 6 nitrogen and oxygen atoms in total. The van der Waals surface area contributed by atoms with Crippen LogP contribution >= 0.6 is 11.6 Å². The number of benzene rings is 2. The average molecular weight is 385 g/mol. The number of rotatable bonds is 4. The molecule has 0 fully saturated rings. The molecule has 0 aliphatic carbocycles. The fourth-order valence-corrected chi connectivity index (χ4v) is 3.22. The van der Waals surface area contributed by atoms with Crippen LogP contribution in [0.3, 0.4) is 0 Å². The Morgan fingerprint density at radius 3 is 2.85 bits per heavy atom. The lowest BCUT2D eigenvalue weighted by atomic mass is 10.0. The molecule has 1 N–H and O–H groups in total. The van der Waals surface area contributed by atoms with Gasteiger partial charge in [-0.05, 0) is 43.3 Å². The van der Waals surface area contributed by atoms with Crippen LogP contribution in [0.25, 0.3) is 11.4 Å². The maximum absolute atomic E-state index is 12.6. The summed E-state index contributed by atoms with van der Waals surface area (Å²) in [6, 6.07) is 10.7. The summed E-state index contributed by atoms with van der Waals surface area (Å²) in [5.41, 5.74) is 1.79. The zero-order valence-corrected chi connectivity index (χ0v) is 15.6. The molecule has 4 rings (SSSR count). The van der Waals surface area contributed by atoms with E-state index >= 15 is 0 Å². The molecule has 1 aromatic heterocycles. The molecular formula is C20H17ClN2O4. The van der Waals surface area contributed by atoms with E-state index in [9.17, 15) is 4.79 Å². The molecule has 1 aliphatic rings. The number of methoxy groups -OCH3 is 1. The van der Waals surface area contributed by atoms with Gasteiger partial charge in [-0.2, -0.15) is 4.98 Å². The van der Waals surface area contributed by atoms with Crippen molar-refractivity contribution in [3.8, 4) is 34.5 Å². The predicted octanol–water partition coefficient (Wildman–Crippen LogP) is 4.19. The summed E-state index contributed by atoms with van der Waals surface area (Å²) in [6.45, 7) is 2.43. The molecule has 0 unspecified atom stereocenters. The minimum Gasteiger partial charge on any atom is -0.493 e. The lowest BCUT2D eigenvalue weighted by Crippen LogP contribution is -2.20. The van der Waals surface area contributed by atoms with E-state index in [1.807, 2.05) is 13.0 Å². The van der Waals surface area contributed by atoms with Crippen molar-refractivity contribution in [3.63, 3.8) is 0 Å². The van der Waals surface area contributed by atoms with Gasteiger partial charge in [-0.3, -0.25) is 4.79 Å².